The first-order chi connectivity index (χ1) is 8.26. The standard InChI is InChI=1S/C13H20N2O2/c1-3-9-15(11-13(16)17-2)10-7-12-6-4-5-8-14-12/h4-6,8H,3,7,9-11H2,1-2H3. The number of carbonyl (C=O) groups excluding carboxylic acids is 1. The van der Waals surface area contributed by atoms with Crippen LogP contribution in [0.2, 0.25) is 0 Å². The summed E-state index contributed by atoms with van der Waals surface area (Å²) in [6.45, 7) is 4.20. The van der Waals surface area contributed by atoms with Gasteiger partial charge in [0.2, 0.25) is 0 Å². The summed E-state index contributed by atoms with van der Waals surface area (Å²) in [7, 11) is 1.42. The number of nitrogens with zero attached hydrogens (tertiary/aromatic N) is 2. The van der Waals surface area contributed by atoms with Gasteiger partial charge in [-0.05, 0) is 25.1 Å². The van der Waals surface area contributed by atoms with Crippen LogP contribution in [-0.4, -0.2) is 42.6 Å². The molecule has 0 atom stereocenters. The van der Waals surface area contributed by atoms with E-state index in [1.54, 1.807) is 6.20 Å². The minimum absolute atomic E-state index is 0.181. The fraction of sp³-hybridized carbons (Fsp3) is 0.538. The first-order valence-corrected chi connectivity index (χ1v) is 5.95. The quantitative estimate of drug-likeness (QED) is 0.673. The van der Waals surface area contributed by atoms with Crippen LogP contribution in [0.1, 0.15) is 19.0 Å². The number of carbonyl (C=O) groups is 1. The van der Waals surface area contributed by atoms with Gasteiger partial charge in [-0.3, -0.25) is 14.7 Å². The molecule has 0 aliphatic heterocycles. The van der Waals surface area contributed by atoms with Crippen molar-refractivity contribution in [3.05, 3.63) is 30.1 Å². The predicted molar refractivity (Wildman–Crippen MR) is 66.7 cm³/mol. The van der Waals surface area contributed by atoms with E-state index in [-0.39, 0.29) is 5.97 Å². The molecule has 0 unspecified atom stereocenters. The van der Waals surface area contributed by atoms with E-state index in [4.69, 9.17) is 0 Å². The molecule has 4 nitrogen and oxygen atoms in total. The Morgan fingerprint density at radius 2 is 2.24 bits per heavy atom. The molecule has 0 bridgehead atoms. The van der Waals surface area contributed by atoms with Gasteiger partial charge in [0.25, 0.3) is 0 Å². The van der Waals surface area contributed by atoms with E-state index >= 15 is 0 Å². The highest BCUT2D eigenvalue weighted by atomic mass is 16.5. The summed E-state index contributed by atoms with van der Waals surface area (Å²) < 4.78 is 4.68. The maximum atomic E-state index is 11.2. The Morgan fingerprint density at radius 3 is 2.82 bits per heavy atom. The molecule has 4 heteroatoms. The van der Waals surface area contributed by atoms with Crippen molar-refractivity contribution < 1.29 is 9.53 Å². The lowest BCUT2D eigenvalue weighted by Gasteiger charge is -2.19. The third-order valence-corrected chi connectivity index (χ3v) is 2.53. The van der Waals surface area contributed by atoms with Crippen LogP contribution in [0.15, 0.2) is 24.4 Å². The second-order valence-corrected chi connectivity index (χ2v) is 3.92. The molecular weight excluding hydrogens is 216 g/mol. The predicted octanol–water partition coefficient (Wildman–Crippen LogP) is 1.51. The molecule has 94 valence electrons. The van der Waals surface area contributed by atoms with Crippen LogP contribution >= 0.6 is 0 Å². The molecule has 0 aromatic carbocycles. The molecular formula is C13H20N2O2. The second kappa shape index (κ2) is 7.79. The molecule has 1 heterocycles. The lowest BCUT2D eigenvalue weighted by Crippen LogP contribution is -2.33. The van der Waals surface area contributed by atoms with Gasteiger partial charge in [-0.15, -0.1) is 0 Å². The average Bonchev–Trinajstić information content (AvgIpc) is 2.37. The number of esters is 1. The monoisotopic (exact) mass is 236 g/mol. The van der Waals surface area contributed by atoms with Gasteiger partial charge in [0.15, 0.2) is 0 Å². The van der Waals surface area contributed by atoms with Gasteiger partial charge in [-0.25, -0.2) is 0 Å². The third kappa shape index (κ3) is 5.45. The van der Waals surface area contributed by atoms with Gasteiger partial charge in [0, 0.05) is 24.9 Å². The summed E-state index contributed by atoms with van der Waals surface area (Å²) in [5.41, 5.74) is 1.05. The van der Waals surface area contributed by atoms with Crippen LogP contribution in [0.25, 0.3) is 0 Å². The van der Waals surface area contributed by atoms with Crippen LogP contribution < -0.4 is 0 Å². The molecule has 0 N–H and O–H groups in total. The maximum Gasteiger partial charge on any atom is 0.319 e. The van der Waals surface area contributed by atoms with Crippen LogP contribution in [0.5, 0.6) is 0 Å². The number of pyridine rings is 1. The van der Waals surface area contributed by atoms with E-state index in [1.807, 2.05) is 18.2 Å². The first kappa shape index (κ1) is 13.6. The molecule has 0 spiro atoms. The Balaban J connectivity index is 2.41. The smallest absolute Gasteiger partial charge is 0.319 e. The molecule has 17 heavy (non-hydrogen) atoms. The van der Waals surface area contributed by atoms with E-state index in [9.17, 15) is 4.79 Å². The van der Waals surface area contributed by atoms with Gasteiger partial charge in [-0.2, -0.15) is 0 Å². The molecule has 1 aromatic heterocycles. The molecule has 0 saturated carbocycles. The Hall–Kier alpha value is -1.42. The van der Waals surface area contributed by atoms with Crippen LogP contribution in [0.3, 0.4) is 0 Å². The van der Waals surface area contributed by atoms with Crippen molar-refractivity contribution in [2.45, 2.75) is 19.8 Å². The zero-order valence-electron chi connectivity index (χ0n) is 10.6. The van der Waals surface area contributed by atoms with Gasteiger partial charge >= 0.3 is 5.97 Å². The molecule has 0 saturated heterocycles. The number of hydrogen-bond acceptors (Lipinski definition) is 4. The summed E-state index contributed by atoms with van der Waals surface area (Å²) in [6.07, 6.45) is 3.68. The van der Waals surface area contributed by atoms with Gasteiger partial charge in [0.05, 0.1) is 13.7 Å². The summed E-state index contributed by atoms with van der Waals surface area (Å²) in [6, 6.07) is 5.89. The Labute approximate surface area is 103 Å². The highest BCUT2D eigenvalue weighted by Gasteiger charge is 2.10. The normalized spacial score (nSPS) is 10.5. The van der Waals surface area contributed by atoms with Crippen molar-refractivity contribution in [2.75, 3.05) is 26.7 Å². The minimum atomic E-state index is -0.181. The summed E-state index contributed by atoms with van der Waals surface area (Å²) in [5.74, 6) is -0.181. The van der Waals surface area contributed by atoms with Gasteiger partial charge in [0.1, 0.15) is 0 Å². The molecule has 0 aliphatic rings. The van der Waals surface area contributed by atoms with E-state index in [0.717, 1.165) is 31.6 Å². The summed E-state index contributed by atoms with van der Waals surface area (Å²) in [4.78, 5) is 17.6. The van der Waals surface area contributed by atoms with Crippen LogP contribution in [0, 0.1) is 0 Å². The van der Waals surface area contributed by atoms with Crippen LogP contribution in [0.4, 0.5) is 0 Å². The van der Waals surface area contributed by atoms with Gasteiger partial charge < -0.3 is 4.74 Å². The molecule has 0 radical (unpaired) electrons. The summed E-state index contributed by atoms with van der Waals surface area (Å²) in [5, 5.41) is 0. The lowest BCUT2D eigenvalue weighted by atomic mass is 10.2. The Bertz CT molecular complexity index is 327. The Morgan fingerprint density at radius 1 is 1.41 bits per heavy atom. The van der Waals surface area contributed by atoms with Crippen molar-refractivity contribution in [3.8, 4) is 0 Å². The molecule has 1 rings (SSSR count). The summed E-state index contributed by atoms with van der Waals surface area (Å²) >= 11 is 0. The highest BCUT2D eigenvalue weighted by Crippen LogP contribution is 1.99. The van der Waals surface area contributed by atoms with E-state index in [1.165, 1.54) is 7.11 Å². The fourth-order valence-electron chi connectivity index (χ4n) is 1.65. The van der Waals surface area contributed by atoms with E-state index in [0.29, 0.717) is 6.54 Å². The molecule has 0 amide bonds. The largest absolute Gasteiger partial charge is 0.468 e. The molecule has 0 aliphatic carbocycles. The second-order valence-electron chi connectivity index (χ2n) is 3.92. The highest BCUT2D eigenvalue weighted by molar-refractivity contribution is 5.71. The van der Waals surface area contributed by atoms with Crippen molar-refractivity contribution >= 4 is 5.97 Å². The fourth-order valence-corrected chi connectivity index (χ4v) is 1.65. The van der Waals surface area contributed by atoms with Crippen molar-refractivity contribution in [1.82, 2.24) is 9.88 Å². The van der Waals surface area contributed by atoms with Crippen LogP contribution in [-0.2, 0) is 16.0 Å². The Kier molecular flexibility index (Phi) is 6.25. The number of ether oxygens (including phenoxy) is 1. The zero-order chi connectivity index (χ0) is 12.5. The molecule has 0 fully saturated rings. The lowest BCUT2D eigenvalue weighted by molar-refractivity contribution is -0.141. The SMILES string of the molecule is CCCN(CCc1ccccn1)CC(=O)OC. The van der Waals surface area contributed by atoms with Gasteiger partial charge in [-0.1, -0.05) is 13.0 Å². The van der Waals surface area contributed by atoms with E-state index < -0.39 is 0 Å². The number of rotatable bonds is 7. The van der Waals surface area contributed by atoms with Crippen molar-refractivity contribution in [3.63, 3.8) is 0 Å². The van der Waals surface area contributed by atoms with Crippen molar-refractivity contribution in [2.24, 2.45) is 0 Å². The number of methoxy groups -OCH3 is 1. The number of aromatic nitrogens is 1. The average molecular weight is 236 g/mol. The zero-order valence-corrected chi connectivity index (χ0v) is 10.6. The number of hydrogen-bond donors (Lipinski definition) is 0. The van der Waals surface area contributed by atoms with E-state index in [2.05, 4.69) is 21.5 Å². The maximum absolute atomic E-state index is 11.2. The van der Waals surface area contributed by atoms with Crippen molar-refractivity contribution in [1.29, 1.82) is 0 Å². The topological polar surface area (TPSA) is 42.4 Å². The first-order valence-electron chi connectivity index (χ1n) is 5.95. The molecule has 1 aromatic rings. The minimum Gasteiger partial charge on any atom is -0.468 e. The third-order valence-electron chi connectivity index (χ3n) is 2.53.